The summed E-state index contributed by atoms with van der Waals surface area (Å²) in [5.41, 5.74) is 12.6. The van der Waals surface area contributed by atoms with Gasteiger partial charge in [0.05, 0.1) is 58.4 Å². The number of carboxylic acid groups (broad SMARTS) is 1. The van der Waals surface area contributed by atoms with Crippen LogP contribution in [-0.4, -0.2) is 38.3 Å². The van der Waals surface area contributed by atoms with E-state index < -0.39 is 5.97 Å². The molecule has 1 aromatic heterocycles. The van der Waals surface area contributed by atoms with Gasteiger partial charge in [-0.05, 0) is 122 Å². The molecule has 0 fully saturated rings. The van der Waals surface area contributed by atoms with Crippen LogP contribution in [0.5, 0.6) is 0 Å². The maximum atomic E-state index is 11.7. The molecule has 5 heterocycles. The second-order valence-electron chi connectivity index (χ2n) is 11.0. The van der Waals surface area contributed by atoms with E-state index in [0.717, 1.165) is 86.5 Å². The number of aliphatic hydroxyl groups is 1. The summed E-state index contributed by atoms with van der Waals surface area (Å²) in [7, 11) is 0. The number of rotatable bonds is 5. The highest BCUT2D eigenvalue weighted by Crippen LogP contribution is 2.48. The third-order valence-electron chi connectivity index (χ3n) is 8.75. The fraction of sp³-hybridized carbons (Fsp3) is 0.273. The van der Waals surface area contributed by atoms with Crippen molar-refractivity contribution in [2.45, 2.75) is 60.3 Å². The van der Waals surface area contributed by atoms with Gasteiger partial charge in [-0.2, -0.15) is 0 Å². The maximum absolute atomic E-state index is 11.7. The number of aliphatic imine (C=N–C) groups is 3. The molecule has 4 aliphatic heterocycles. The number of hydrogen-bond donors (Lipinski definition) is 3. The molecule has 7 nitrogen and oxygen atoms in total. The van der Waals surface area contributed by atoms with Crippen molar-refractivity contribution in [1.82, 2.24) is 4.98 Å². The summed E-state index contributed by atoms with van der Waals surface area (Å²) >= 11 is 11.6. The molecule has 0 spiro atoms. The molecule has 5 aliphatic rings. The standard InChI is InChI=1S/C33H29Br3N4O3/c1-7-16-12(3)26-23(34)28-14(5)18(9-10-21(42)43)30(37-28)19-11-20(41)22-15(6)29(38-31(19)22)25(36)33-17(8-2)13(4)27(40-33)24(35)32(16)39-26/h7,39,41H,1,8-11H2,2-6H3,(H,42,43). The molecule has 0 amide bonds. The number of aromatic nitrogens is 1. The molecule has 43 heavy (non-hydrogen) atoms. The van der Waals surface area contributed by atoms with E-state index in [1.165, 1.54) is 0 Å². The SMILES string of the molecule is C=Cc1c(C)c2[nH]c1=C(Br)C1=NC(=C(Br)C3=C(C)C4=C(O)CC(=C5N=C(C(C)=C5CCC(=O)O)C=2Br)C4=N3)C(CC)=C1C. The monoisotopic (exact) mass is 766 g/mol. The zero-order chi connectivity index (χ0) is 31.1. The van der Waals surface area contributed by atoms with Crippen LogP contribution < -0.4 is 10.7 Å². The molecular weight excluding hydrogens is 740 g/mol. The second-order valence-corrected chi connectivity index (χ2v) is 13.4. The molecule has 0 aromatic carbocycles. The van der Waals surface area contributed by atoms with Gasteiger partial charge in [0.15, 0.2) is 0 Å². The van der Waals surface area contributed by atoms with Gasteiger partial charge in [-0.3, -0.25) is 4.79 Å². The van der Waals surface area contributed by atoms with Crippen LogP contribution in [-0.2, 0) is 4.79 Å². The Morgan fingerprint density at radius 3 is 2.12 bits per heavy atom. The van der Waals surface area contributed by atoms with Crippen LogP contribution in [0.15, 0.2) is 87.9 Å². The van der Waals surface area contributed by atoms with Gasteiger partial charge < -0.3 is 15.2 Å². The molecule has 0 atom stereocenters. The number of hydrogen-bond acceptors (Lipinski definition) is 5. The molecule has 0 radical (unpaired) electrons. The molecule has 8 bridgehead atoms. The van der Waals surface area contributed by atoms with Gasteiger partial charge in [0, 0.05) is 29.6 Å². The van der Waals surface area contributed by atoms with E-state index in [4.69, 9.17) is 15.0 Å². The molecule has 0 saturated heterocycles. The summed E-state index contributed by atoms with van der Waals surface area (Å²) in [6.07, 6.45) is 3.15. The zero-order valence-corrected chi connectivity index (χ0v) is 29.1. The molecule has 0 unspecified atom stereocenters. The number of aliphatic carboxylic acids is 1. The Morgan fingerprint density at radius 1 is 0.884 bits per heavy atom. The smallest absolute Gasteiger partial charge is 0.303 e. The topological polar surface area (TPSA) is 110 Å². The second kappa shape index (κ2) is 10.8. The highest BCUT2D eigenvalue weighted by atomic mass is 79.9. The van der Waals surface area contributed by atoms with E-state index in [1.807, 2.05) is 26.8 Å². The molecule has 1 aliphatic carbocycles. The van der Waals surface area contributed by atoms with Crippen LogP contribution in [0, 0.1) is 6.92 Å². The lowest BCUT2D eigenvalue weighted by Crippen LogP contribution is -2.19. The van der Waals surface area contributed by atoms with Crippen LogP contribution in [0.2, 0.25) is 0 Å². The van der Waals surface area contributed by atoms with Gasteiger partial charge in [0.25, 0.3) is 0 Å². The highest BCUT2D eigenvalue weighted by Gasteiger charge is 2.39. The van der Waals surface area contributed by atoms with E-state index in [9.17, 15) is 15.0 Å². The molecule has 6 rings (SSSR count). The number of H-pyrrole nitrogens is 1. The predicted octanol–water partition coefficient (Wildman–Crippen LogP) is 7.61. The van der Waals surface area contributed by atoms with Gasteiger partial charge in [0.1, 0.15) is 5.76 Å². The van der Waals surface area contributed by atoms with Crippen LogP contribution >= 0.6 is 47.8 Å². The van der Waals surface area contributed by atoms with Crippen LogP contribution in [0.25, 0.3) is 15.0 Å². The molecule has 1 aromatic rings. The first kappa shape index (κ1) is 30.0. The van der Waals surface area contributed by atoms with Crippen LogP contribution in [0.4, 0.5) is 0 Å². The highest BCUT2D eigenvalue weighted by molar-refractivity contribution is 9.15. The summed E-state index contributed by atoms with van der Waals surface area (Å²) in [4.78, 5) is 30.6. The lowest BCUT2D eigenvalue weighted by molar-refractivity contribution is -0.136. The largest absolute Gasteiger partial charge is 0.511 e. The van der Waals surface area contributed by atoms with Gasteiger partial charge >= 0.3 is 5.97 Å². The van der Waals surface area contributed by atoms with Crippen molar-refractivity contribution < 1.29 is 15.0 Å². The Morgan fingerprint density at radius 2 is 1.49 bits per heavy atom. The molecule has 220 valence electrons. The minimum atomic E-state index is -0.881. The number of fused-ring (bicyclic) bond motifs is 5. The Hall–Kier alpha value is -3.08. The number of nitrogens with one attached hydrogen (secondary N) is 1. The van der Waals surface area contributed by atoms with Crippen molar-refractivity contribution in [1.29, 1.82) is 0 Å². The Kier molecular flexibility index (Phi) is 7.54. The number of aromatic amines is 1. The van der Waals surface area contributed by atoms with E-state index in [-0.39, 0.29) is 18.6 Å². The van der Waals surface area contributed by atoms with Crippen molar-refractivity contribution in [3.63, 3.8) is 0 Å². The third-order valence-corrected chi connectivity index (χ3v) is 11.0. The fourth-order valence-electron chi connectivity index (χ4n) is 6.47. The van der Waals surface area contributed by atoms with E-state index in [0.29, 0.717) is 34.8 Å². The van der Waals surface area contributed by atoms with Crippen molar-refractivity contribution in [2.75, 3.05) is 0 Å². The number of aliphatic hydroxyl groups excluding tert-OH is 1. The lowest BCUT2D eigenvalue weighted by Gasteiger charge is -2.09. The van der Waals surface area contributed by atoms with E-state index in [2.05, 4.69) is 73.2 Å². The van der Waals surface area contributed by atoms with Crippen molar-refractivity contribution in [3.8, 4) is 0 Å². The first-order valence-corrected chi connectivity index (χ1v) is 16.4. The zero-order valence-electron chi connectivity index (χ0n) is 24.4. The Labute approximate surface area is 274 Å². The summed E-state index contributed by atoms with van der Waals surface area (Å²) in [5.74, 6) is -0.648. The summed E-state index contributed by atoms with van der Waals surface area (Å²) in [5, 5.41) is 22.5. The minimum absolute atomic E-state index is 0.0391. The van der Waals surface area contributed by atoms with Crippen molar-refractivity contribution >= 4 is 85.9 Å². The van der Waals surface area contributed by atoms with E-state index in [1.54, 1.807) is 0 Å². The first-order valence-electron chi connectivity index (χ1n) is 14.0. The normalized spacial score (nSPS) is 20.0. The quantitative estimate of drug-likeness (QED) is 0.287. The molecule has 3 N–H and O–H groups in total. The average molecular weight is 769 g/mol. The maximum Gasteiger partial charge on any atom is 0.303 e. The molecular formula is C33H29Br3N4O3. The lowest BCUT2D eigenvalue weighted by atomic mass is 9.96. The van der Waals surface area contributed by atoms with Gasteiger partial charge in [0.2, 0.25) is 0 Å². The number of nitrogens with zero attached hydrogens (tertiary/aromatic N) is 3. The van der Waals surface area contributed by atoms with Gasteiger partial charge in [-0.1, -0.05) is 19.6 Å². The first-order chi connectivity index (χ1) is 20.4. The van der Waals surface area contributed by atoms with Gasteiger partial charge in [-0.15, -0.1) is 0 Å². The van der Waals surface area contributed by atoms with Crippen molar-refractivity contribution in [3.05, 3.63) is 94.7 Å². The Balaban J connectivity index is 1.78. The number of allylic oxidation sites excluding steroid dienone is 8. The average Bonchev–Trinajstić information content (AvgIpc) is 3.74. The van der Waals surface area contributed by atoms with Crippen LogP contribution in [0.3, 0.4) is 0 Å². The van der Waals surface area contributed by atoms with Crippen molar-refractivity contribution in [2.24, 2.45) is 15.0 Å². The number of halogens is 3. The Bertz CT molecular complexity index is 2040. The van der Waals surface area contributed by atoms with Gasteiger partial charge in [-0.25, -0.2) is 15.0 Å². The molecule has 10 heteroatoms. The van der Waals surface area contributed by atoms with E-state index >= 15 is 0 Å². The third kappa shape index (κ3) is 4.39. The number of carbonyl (C=O) groups is 1. The molecule has 0 saturated carbocycles. The predicted molar refractivity (Wildman–Crippen MR) is 184 cm³/mol. The summed E-state index contributed by atoms with van der Waals surface area (Å²) < 4.78 is 2.32. The fourth-order valence-corrected chi connectivity index (χ4v) is 8.66. The minimum Gasteiger partial charge on any atom is -0.511 e. The summed E-state index contributed by atoms with van der Waals surface area (Å²) in [6.45, 7) is 14.3. The number of carboxylic acids is 1. The van der Waals surface area contributed by atoms with Crippen LogP contribution in [0.1, 0.15) is 64.5 Å². The summed E-state index contributed by atoms with van der Waals surface area (Å²) in [6, 6.07) is 0.